The number of rotatable bonds is 4. The summed E-state index contributed by atoms with van der Waals surface area (Å²) in [5, 5.41) is 0. The Morgan fingerprint density at radius 1 is 0.958 bits per heavy atom. The summed E-state index contributed by atoms with van der Waals surface area (Å²) in [4.78, 5) is 8.11. The molecular weight excluding hydrogens is 331 g/mol. The minimum Gasteiger partial charge on any atom is -0.399 e. The number of halogens is 1. The van der Waals surface area contributed by atoms with Crippen molar-refractivity contribution in [3.05, 3.63) is 66.6 Å². The molecule has 0 aliphatic carbocycles. The number of anilines is 2. The van der Waals surface area contributed by atoms with Gasteiger partial charge in [-0.05, 0) is 54.6 Å². The molecule has 3 aromatic rings. The van der Waals surface area contributed by atoms with E-state index in [2.05, 4.69) is 14.7 Å². The van der Waals surface area contributed by atoms with Crippen LogP contribution in [0.3, 0.4) is 0 Å². The number of benzene rings is 2. The van der Waals surface area contributed by atoms with Crippen LogP contribution >= 0.6 is 0 Å². The van der Waals surface area contributed by atoms with Gasteiger partial charge in [-0.25, -0.2) is 27.5 Å². The molecule has 122 valence electrons. The van der Waals surface area contributed by atoms with Gasteiger partial charge in [-0.1, -0.05) is 0 Å². The quantitative estimate of drug-likeness (QED) is 0.709. The third-order valence-corrected chi connectivity index (χ3v) is 4.56. The Hall–Kier alpha value is -3.00. The minimum atomic E-state index is -3.83. The van der Waals surface area contributed by atoms with Crippen molar-refractivity contribution in [2.24, 2.45) is 0 Å². The third-order valence-electron chi connectivity index (χ3n) is 3.21. The molecule has 0 saturated carbocycles. The molecule has 0 radical (unpaired) electrons. The number of sulfonamides is 1. The van der Waals surface area contributed by atoms with E-state index >= 15 is 0 Å². The van der Waals surface area contributed by atoms with E-state index in [1.807, 2.05) is 0 Å². The fraction of sp³-hybridized carbons (Fsp3) is 0. The summed E-state index contributed by atoms with van der Waals surface area (Å²) in [5.74, 6) is -0.439. The van der Waals surface area contributed by atoms with Gasteiger partial charge in [-0.15, -0.1) is 0 Å². The molecule has 24 heavy (non-hydrogen) atoms. The van der Waals surface area contributed by atoms with Crippen LogP contribution in [0.15, 0.2) is 65.7 Å². The molecule has 0 spiro atoms. The fourth-order valence-corrected chi connectivity index (χ4v) is 2.97. The maximum absolute atomic E-state index is 13.0. The molecule has 0 saturated heterocycles. The van der Waals surface area contributed by atoms with Crippen LogP contribution in [0.2, 0.25) is 0 Å². The first-order valence-electron chi connectivity index (χ1n) is 6.91. The lowest BCUT2D eigenvalue weighted by atomic mass is 10.1. The van der Waals surface area contributed by atoms with E-state index < -0.39 is 10.0 Å². The van der Waals surface area contributed by atoms with Crippen molar-refractivity contribution >= 4 is 21.7 Å². The van der Waals surface area contributed by atoms with Gasteiger partial charge in [-0.3, -0.25) is 0 Å². The van der Waals surface area contributed by atoms with Crippen LogP contribution in [-0.4, -0.2) is 18.4 Å². The molecule has 0 aliphatic rings. The van der Waals surface area contributed by atoms with Gasteiger partial charge in [0.05, 0.1) is 10.6 Å². The molecule has 1 heterocycles. The highest BCUT2D eigenvalue weighted by molar-refractivity contribution is 7.92. The van der Waals surface area contributed by atoms with E-state index in [0.29, 0.717) is 16.9 Å². The lowest BCUT2D eigenvalue weighted by Gasteiger charge is -2.08. The van der Waals surface area contributed by atoms with Gasteiger partial charge < -0.3 is 5.73 Å². The van der Waals surface area contributed by atoms with Gasteiger partial charge in [0.2, 0.25) is 5.95 Å². The number of nitrogens with two attached hydrogens (primary N) is 1. The highest BCUT2D eigenvalue weighted by Crippen LogP contribution is 2.20. The van der Waals surface area contributed by atoms with Gasteiger partial charge >= 0.3 is 0 Å². The van der Waals surface area contributed by atoms with Crippen LogP contribution in [0.4, 0.5) is 16.0 Å². The predicted octanol–water partition coefficient (Wildman–Crippen LogP) is 2.67. The average Bonchev–Trinajstić information content (AvgIpc) is 2.56. The SMILES string of the molecule is Nc1ccc(S(=O)(=O)Nc2nccc(-c3ccc(F)cc3)n2)cc1. The van der Waals surface area contributed by atoms with Crippen LogP contribution in [0.5, 0.6) is 0 Å². The molecule has 0 amide bonds. The summed E-state index contributed by atoms with van der Waals surface area (Å²) in [6, 6.07) is 13.1. The third kappa shape index (κ3) is 3.49. The first kappa shape index (κ1) is 15.9. The lowest BCUT2D eigenvalue weighted by Crippen LogP contribution is -2.15. The van der Waals surface area contributed by atoms with Crippen LogP contribution in [0.1, 0.15) is 0 Å². The summed E-state index contributed by atoms with van der Waals surface area (Å²) < 4.78 is 39.9. The van der Waals surface area contributed by atoms with Gasteiger partial charge in [-0.2, -0.15) is 0 Å². The molecule has 6 nitrogen and oxygen atoms in total. The van der Waals surface area contributed by atoms with E-state index in [9.17, 15) is 12.8 Å². The second-order valence-electron chi connectivity index (χ2n) is 4.95. The van der Waals surface area contributed by atoms with E-state index in [0.717, 1.165) is 0 Å². The van der Waals surface area contributed by atoms with E-state index in [1.54, 1.807) is 18.2 Å². The lowest BCUT2D eigenvalue weighted by molar-refractivity contribution is 0.601. The first-order valence-corrected chi connectivity index (χ1v) is 8.40. The normalized spacial score (nSPS) is 11.2. The molecular formula is C16H13FN4O2S. The summed E-state index contributed by atoms with van der Waals surface area (Å²) in [6.45, 7) is 0. The van der Waals surface area contributed by atoms with E-state index in [1.165, 1.54) is 42.6 Å². The number of hydrogen-bond acceptors (Lipinski definition) is 5. The molecule has 1 aromatic heterocycles. The molecule has 0 unspecified atom stereocenters. The molecule has 3 N–H and O–H groups in total. The predicted molar refractivity (Wildman–Crippen MR) is 89.1 cm³/mol. The van der Waals surface area contributed by atoms with Crippen LogP contribution in [0.25, 0.3) is 11.3 Å². The molecule has 2 aromatic carbocycles. The van der Waals surface area contributed by atoms with Crippen molar-refractivity contribution in [3.63, 3.8) is 0 Å². The Morgan fingerprint density at radius 2 is 1.62 bits per heavy atom. The van der Waals surface area contributed by atoms with Gasteiger partial charge in [0.25, 0.3) is 10.0 Å². The first-order chi connectivity index (χ1) is 11.4. The van der Waals surface area contributed by atoms with Crippen molar-refractivity contribution in [2.75, 3.05) is 10.5 Å². The minimum absolute atomic E-state index is 0.0486. The summed E-state index contributed by atoms with van der Waals surface area (Å²) in [7, 11) is -3.83. The Kier molecular flexibility index (Phi) is 4.13. The van der Waals surface area contributed by atoms with E-state index in [4.69, 9.17) is 5.73 Å². The monoisotopic (exact) mass is 344 g/mol. The average molecular weight is 344 g/mol. The molecule has 8 heteroatoms. The Bertz CT molecular complexity index is 958. The highest BCUT2D eigenvalue weighted by atomic mass is 32.2. The number of nitrogen functional groups attached to an aromatic ring is 1. The maximum Gasteiger partial charge on any atom is 0.264 e. The molecule has 0 atom stereocenters. The van der Waals surface area contributed by atoms with Crippen molar-refractivity contribution in [1.29, 1.82) is 0 Å². The number of nitrogens with one attached hydrogen (secondary N) is 1. The Labute approximate surface area is 138 Å². The number of hydrogen-bond donors (Lipinski definition) is 2. The van der Waals surface area contributed by atoms with E-state index in [-0.39, 0.29) is 16.7 Å². The highest BCUT2D eigenvalue weighted by Gasteiger charge is 2.15. The van der Waals surface area contributed by atoms with Crippen molar-refractivity contribution in [3.8, 4) is 11.3 Å². The van der Waals surface area contributed by atoms with Gasteiger partial charge in [0.1, 0.15) is 5.82 Å². The topological polar surface area (TPSA) is 98.0 Å². The standard InChI is InChI=1S/C16H13FN4O2S/c17-12-3-1-11(2-4-12)15-9-10-19-16(20-15)21-24(22,23)14-7-5-13(18)6-8-14/h1-10H,18H2,(H,19,20,21). The fourth-order valence-electron chi connectivity index (χ4n) is 2.02. The summed E-state index contributed by atoms with van der Waals surface area (Å²) >= 11 is 0. The summed E-state index contributed by atoms with van der Waals surface area (Å²) in [6.07, 6.45) is 1.42. The smallest absolute Gasteiger partial charge is 0.264 e. The van der Waals surface area contributed by atoms with Gasteiger partial charge in [0, 0.05) is 17.4 Å². The second kappa shape index (κ2) is 6.25. The molecule has 3 rings (SSSR count). The maximum atomic E-state index is 13.0. The summed E-state index contributed by atoms with van der Waals surface area (Å²) in [5.41, 5.74) is 7.13. The molecule has 0 bridgehead atoms. The second-order valence-corrected chi connectivity index (χ2v) is 6.63. The Morgan fingerprint density at radius 3 is 2.29 bits per heavy atom. The largest absolute Gasteiger partial charge is 0.399 e. The molecule has 0 aliphatic heterocycles. The van der Waals surface area contributed by atoms with Crippen LogP contribution < -0.4 is 10.5 Å². The van der Waals surface area contributed by atoms with Crippen LogP contribution in [-0.2, 0) is 10.0 Å². The van der Waals surface area contributed by atoms with Crippen molar-refractivity contribution < 1.29 is 12.8 Å². The van der Waals surface area contributed by atoms with Crippen molar-refractivity contribution in [1.82, 2.24) is 9.97 Å². The number of aromatic nitrogens is 2. The van der Waals surface area contributed by atoms with Gasteiger partial charge in [0.15, 0.2) is 0 Å². The number of nitrogens with zero attached hydrogens (tertiary/aromatic N) is 2. The van der Waals surface area contributed by atoms with Crippen molar-refractivity contribution in [2.45, 2.75) is 4.90 Å². The zero-order valence-corrected chi connectivity index (χ0v) is 13.2. The Balaban J connectivity index is 1.89. The zero-order chi connectivity index (χ0) is 17.2. The molecule has 0 fully saturated rings. The zero-order valence-electron chi connectivity index (χ0n) is 12.3. The van der Waals surface area contributed by atoms with Crippen LogP contribution in [0, 0.1) is 5.82 Å².